The lowest BCUT2D eigenvalue weighted by atomic mass is 9.52. The molecule has 0 bridgehead atoms. The van der Waals surface area contributed by atoms with Gasteiger partial charge in [0.05, 0.1) is 30.7 Å². The van der Waals surface area contributed by atoms with E-state index in [1.165, 1.54) is 4.90 Å². The first kappa shape index (κ1) is 25.3. The highest BCUT2D eigenvalue weighted by molar-refractivity contribution is 5.99. The van der Waals surface area contributed by atoms with Crippen LogP contribution in [0.25, 0.3) is 0 Å². The van der Waals surface area contributed by atoms with Crippen LogP contribution >= 0.6 is 0 Å². The van der Waals surface area contributed by atoms with E-state index in [4.69, 9.17) is 14.2 Å². The summed E-state index contributed by atoms with van der Waals surface area (Å²) in [6, 6.07) is 8.29. The highest BCUT2D eigenvalue weighted by Gasteiger charge is 2.93. The zero-order valence-corrected chi connectivity index (χ0v) is 22.0. The van der Waals surface area contributed by atoms with Gasteiger partial charge in [0.1, 0.15) is 16.9 Å². The summed E-state index contributed by atoms with van der Waals surface area (Å²) in [5.74, 6) is -2.37. The summed E-state index contributed by atoms with van der Waals surface area (Å²) in [5, 5.41) is 14.9. The van der Waals surface area contributed by atoms with Crippen LogP contribution in [0.2, 0.25) is 0 Å². The predicted octanol–water partition coefficient (Wildman–Crippen LogP) is 0.380. The van der Waals surface area contributed by atoms with E-state index in [2.05, 4.69) is 5.32 Å². The molecule has 10 nitrogen and oxygen atoms in total. The van der Waals surface area contributed by atoms with Crippen LogP contribution in [0, 0.1) is 22.2 Å². The van der Waals surface area contributed by atoms with Crippen molar-refractivity contribution in [2.45, 2.75) is 70.5 Å². The zero-order valence-electron chi connectivity index (χ0n) is 22.0. The van der Waals surface area contributed by atoms with Gasteiger partial charge in [-0.1, -0.05) is 39.0 Å². The van der Waals surface area contributed by atoms with Crippen molar-refractivity contribution in [2.24, 2.45) is 22.2 Å². The van der Waals surface area contributed by atoms with Crippen molar-refractivity contribution >= 4 is 23.8 Å². The van der Waals surface area contributed by atoms with Crippen LogP contribution in [0.1, 0.15) is 56.8 Å². The molecule has 5 aliphatic rings. The van der Waals surface area contributed by atoms with Gasteiger partial charge in [0.15, 0.2) is 12.3 Å². The van der Waals surface area contributed by atoms with Gasteiger partial charge in [-0.15, -0.1) is 0 Å². The first-order valence-electron chi connectivity index (χ1n) is 13.5. The van der Waals surface area contributed by atoms with E-state index in [-0.39, 0.29) is 24.3 Å². The number of hydrogen-bond donors (Lipinski definition) is 2. The molecule has 4 saturated heterocycles. The number of hydrogen-bond acceptors (Lipinski definition) is 8. The summed E-state index contributed by atoms with van der Waals surface area (Å²) in [7, 11) is 0. The number of benzene rings is 1. The summed E-state index contributed by atoms with van der Waals surface area (Å²) in [6.45, 7) is 7.61. The fourth-order valence-electron chi connectivity index (χ4n) is 7.99. The highest BCUT2D eigenvalue weighted by Crippen LogP contribution is 2.76. The van der Waals surface area contributed by atoms with Gasteiger partial charge < -0.3 is 29.5 Å². The van der Waals surface area contributed by atoms with Crippen LogP contribution in [0.15, 0.2) is 30.3 Å². The third-order valence-corrected chi connectivity index (χ3v) is 9.81. The molecule has 0 radical (unpaired) electrons. The van der Waals surface area contributed by atoms with Crippen LogP contribution in [0.4, 0.5) is 0 Å². The fourth-order valence-corrected chi connectivity index (χ4v) is 7.99. The molecule has 4 aliphatic heterocycles. The molecule has 38 heavy (non-hydrogen) atoms. The van der Waals surface area contributed by atoms with Crippen LogP contribution in [0.5, 0.6) is 0 Å². The van der Waals surface area contributed by atoms with Crippen LogP contribution in [-0.4, -0.2) is 77.5 Å². The Bertz CT molecular complexity index is 1190. The number of esters is 3. The number of rotatable bonds is 4. The van der Waals surface area contributed by atoms with Crippen molar-refractivity contribution in [2.75, 3.05) is 19.6 Å². The van der Waals surface area contributed by atoms with E-state index in [9.17, 15) is 24.3 Å². The lowest BCUT2D eigenvalue weighted by Crippen LogP contribution is -2.86. The van der Waals surface area contributed by atoms with E-state index in [0.717, 1.165) is 25.9 Å². The number of carbonyl (C=O) groups excluding carboxylic acids is 4. The largest absolute Gasteiger partial charge is 0.461 e. The molecule has 6 atom stereocenters. The summed E-state index contributed by atoms with van der Waals surface area (Å²) < 4.78 is 17.7. The third kappa shape index (κ3) is 3.01. The minimum Gasteiger partial charge on any atom is -0.461 e. The topological polar surface area (TPSA) is 136 Å². The maximum absolute atomic E-state index is 14.3. The first-order valence-corrected chi connectivity index (χ1v) is 13.5. The second kappa shape index (κ2) is 8.26. The lowest BCUT2D eigenvalue weighted by Gasteiger charge is -2.51. The molecule has 4 heterocycles. The van der Waals surface area contributed by atoms with Crippen molar-refractivity contribution in [3.8, 4) is 0 Å². The molecular weight excluding hydrogens is 492 g/mol. The Morgan fingerprint density at radius 1 is 1.13 bits per heavy atom. The Hall–Kier alpha value is -2.98. The molecule has 10 heteroatoms. The molecule has 1 aromatic carbocycles. The number of carbonyl (C=O) groups is 4. The number of nitrogens with two attached hydrogens (primary N) is 1. The minimum atomic E-state index is -1.74. The Morgan fingerprint density at radius 3 is 2.47 bits per heavy atom. The van der Waals surface area contributed by atoms with Gasteiger partial charge in [0, 0.05) is 25.8 Å². The number of aliphatic hydroxyl groups is 1. The first-order chi connectivity index (χ1) is 18.0. The van der Waals surface area contributed by atoms with Gasteiger partial charge in [0.25, 0.3) is 5.91 Å². The fraction of sp³-hybridized carbons (Fsp3) is 0.643. The smallest absolute Gasteiger partial charge is 0.338 e. The van der Waals surface area contributed by atoms with Gasteiger partial charge in [-0.3, -0.25) is 14.4 Å². The standard InChI is InChI=1S/C28H34N2O8/c1-25(2,3)27(35)13-18-26(14-19(31)36-18)24(34)38-23-28(26,27)20(37-22(33)17-7-5-4-6-8-17)21(32)30(23)15-16-9-11-29-12-10-16/h4-8,16,18,20,23,29,35H,9-15H2,1-3H3/p+1/t18-,20-,23-,26-,27+,28+/m0/s1. The second-order valence-electron chi connectivity index (χ2n) is 12.5. The van der Waals surface area contributed by atoms with E-state index in [1.54, 1.807) is 30.3 Å². The van der Waals surface area contributed by atoms with Crippen molar-refractivity contribution in [1.29, 1.82) is 0 Å². The van der Waals surface area contributed by atoms with Gasteiger partial charge in [-0.25, -0.2) is 4.79 Å². The van der Waals surface area contributed by atoms with Crippen LogP contribution < -0.4 is 5.32 Å². The molecule has 1 amide bonds. The maximum atomic E-state index is 14.3. The van der Waals surface area contributed by atoms with Crippen molar-refractivity contribution < 1.29 is 43.8 Å². The van der Waals surface area contributed by atoms with Crippen LogP contribution in [-0.2, 0) is 28.6 Å². The normalized spacial score (nSPS) is 38.5. The SMILES string of the molecule is CC(C)(C)[C@]1(O)C[C@@H]2OC(=O)C[C@@]23C(=O)O[C@@H]2N(CC4CC[NH2+]CC4)C(=O)[C@H](OC(=O)c4ccccc4)[C@]213. The molecule has 1 aliphatic carbocycles. The Morgan fingerprint density at radius 2 is 1.82 bits per heavy atom. The minimum absolute atomic E-state index is 0.0628. The molecule has 204 valence electrons. The summed E-state index contributed by atoms with van der Waals surface area (Å²) in [4.78, 5) is 55.7. The van der Waals surface area contributed by atoms with Crippen LogP contribution in [0.3, 0.4) is 0 Å². The molecule has 5 fully saturated rings. The van der Waals surface area contributed by atoms with Gasteiger partial charge in [-0.05, 0) is 23.5 Å². The molecule has 0 unspecified atom stereocenters. The van der Waals surface area contributed by atoms with Gasteiger partial charge in [-0.2, -0.15) is 0 Å². The van der Waals surface area contributed by atoms with E-state index >= 15 is 0 Å². The summed E-state index contributed by atoms with van der Waals surface area (Å²) in [5.41, 5.74) is -5.77. The maximum Gasteiger partial charge on any atom is 0.338 e. The van der Waals surface area contributed by atoms with Gasteiger partial charge in [0.2, 0.25) is 0 Å². The average molecular weight is 528 g/mol. The third-order valence-electron chi connectivity index (χ3n) is 9.81. The summed E-state index contributed by atoms with van der Waals surface area (Å²) >= 11 is 0. The quantitative estimate of drug-likeness (QED) is 0.424. The molecule has 0 aromatic heterocycles. The number of ether oxygens (including phenoxy) is 3. The average Bonchev–Trinajstić information content (AvgIpc) is 3.49. The Labute approximate surface area is 221 Å². The van der Waals surface area contributed by atoms with E-state index in [0.29, 0.717) is 6.54 Å². The summed E-state index contributed by atoms with van der Waals surface area (Å²) in [6.07, 6.45) is -2.37. The molecule has 3 N–H and O–H groups in total. The number of piperidine rings is 1. The predicted molar refractivity (Wildman–Crippen MR) is 130 cm³/mol. The van der Waals surface area contributed by atoms with E-state index < -0.39 is 64.1 Å². The number of likely N-dealkylation sites (tertiary alicyclic amines) is 1. The molecular formula is C28H35N2O8+. The molecule has 1 saturated carbocycles. The van der Waals surface area contributed by atoms with Crippen molar-refractivity contribution in [1.82, 2.24) is 4.90 Å². The Balaban J connectivity index is 1.53. The number of quaternary nitrogens is 1. The lowest BCUT2D eigenvalue weighted by molar-refractivity contribution is -0.664. The number of nitrogens with zero attached hydrogens (tertiary/aromatic N) is 1. The van der Waals surface area contributed by atoms with E-state index in [1.807, 2.05) is 20.8 Å². The Kier molecular flexibility index (Phi) is 5.50. The number of amides is 1. The van der Waals surface area contributed by atoms with Gasteiger partial charge >= 0.3 is 17.9 Å². The molecule has 6 rings (SSSR count). The monoisotopic (exact) mass is 527 g/mol. The molecule has 1 aromatic rings. The zero-order chi connectivity index (χ0) is 27.1. The van der Waals surface area contributed by atoms with Crippen molar-refractivity contribution in [3.05, 3.63) is 35.9 Å². The van der Waals surface area contributed by atoms with Crippen molar-refractivity contribution in [3.63, 3.8) is 0 Å². The highest BCUT2D eigenvalue weighted by atomic mass is 16.6. The molecule has 2 spiro atoms. The second-order valence-corrected chi connectivity index (χ2v) is 12.5.